The first kappa shape index (κ1) is 22.1. The smallest absolute Gasteiger partial charge is 0.336 e. The molecule has 0 amide bonds. The van der Waals surface area contributed by atoms with Crippen LogP contribution in [0.4, 0.5) is 0 Å². The minimum Gasteiger partial charge on any atom is -0.508 e. The average Bonchev–Trinajstić information content (AvgIpc) is 2.62. The van der Waals surface area contributed by atoms with Gasteiger partial charge in [0.05, 0.1) is 18.3 Å². The average molecular weight is 414 g/mol. The van der Waals surface area contributed by atoms with Gasteiger partial charge in [-0.05, 0) is 50.3 Å². The SMILES string of the molecule is CC1=C(C(=O)OCCOC(C)C)C(c2cccc(O)c2)C2=C(CC(C)(C)CC2=O)N1. The Kier molecular flexibility index (Phi) is 6.36. The van der Waals surface area contributed by atoms with E-state index in [1.54, 1.807) is 18.2 Å². The van der Waals surface area contributed by atoms with Crippen LogP contribution in [0.3, 0.4) is 0 Å². The molecule has 1 aliphatic heterocycles. The number of ether oxygens (including phenoxy) is 2. The van der Waals surface area contributed by atoms with Crippen LogP contribution in [-0.2, 0) is 19.1 Å². The fourth-order valence-corrected chi connectivity index (χ4v) is 4.24. The molecule has 1 atom stereocenters. The summed E-state index contributed by atoms with van der Waals surface area (Å²) in [4.78, 5) is 26.2. The number of Topliss-reactive ketones (excluding diaryl/α,β-unsaturated/α-hetero) is 1. The van der Waals surface area contributed by atoms with E-state index in [-0.39, 0.29) is 29.7 Å². The fourth-order valence-electron chi connectivity index (χ4n) is 4.24. The molecule has 0 aromatic heterocycles. The third-order valence-electron chi connectivity index (χ3n) is 5.43. The van der Waals surface area contributed by atoms with Gasteiger partial charge in [-0.3, -0.25) is 4.79 Å². The summed E-state index contributed by atoms with van der Waals surface area (Å²) in [6, 6.07) is 6.73. The van der Waals surface area contributed by atoms with Crippen LogP contribution in [-0.4, -0.2) is 36.2 Å². The predicted octanol–water partition coefficient (Wildman–Crippen LogP) is 3.96. The number of carbonyl (C=O) groups is 2. The van der Waals surface area contributed by atoms with E-state index in [0.29, 0.717) is 41.9 Å². The number of esters is 1. The maximum Gasteiger partial charge on any atom is 0.336 e. The zero-order valence-electron chi connectivity index (χ0n) is 18.4. The van der Waals surface area contributed by atoms with E-state index in [2.05, 4.69) is 19.2 Å². The number of allylic oxidation sites excluding steroid dienone is 3. The Hall–Kier alpha value is -2.60. The summed E-state index contributed by atoms with van der Waals surface area (Å²) in [6.45, 7) is 10.2. The largest absolute Gasteiger partial charge is 0.508 e. The van der Waals surface area contributed by atoms with Crippen molar-refractivity contribution in [1.29, 1.82) is 0 Å². The quantitative estimate of drug-likeness (QED) is 0.542. The molecule has 1 aromatic carbocycles. The highest BCUT2D eigenvalue weighted by atomic mass is 16.6. The molecular formula is C24H31NO5. The van der Waals surface area contributed by atoms with Gasteiger partial charge in [0.25, 0.3) is 0 Å². The molecule has 0 saturated carbocycles. The molecule has 1 unspecified atom stereocenters. The Morgan fingerprint density at radius 1 is 1.27 bits per heavy atom. The van der Waals surface area contributed by atoms with E-state index in [4.69, 9.17) is 9.47 Å². The van der Waals surface area contributed by atoms with Crippen molar-refractivity contribution in [2.45, 2.75) is 59.5 Å². The molecule has 162 valence electrons. The van der Waals surface area contributed by atoms with Gasteiger partial charge in [-0.2, -0.15) is 0 Å². The molecule has 2 aliphatic rings. The summed E-state index contributed by atoms with van der Waals surface area (Å²) in [5, 5.41) is 13.3. The number of benzene rings is 1. The zero-order chi connectivity index (χ0) is 22.1. The van der Waals surface area contributed by atoms with Crippen molar-refractivity contribution in [3.63, 3.8) is 0 Å². The topological polar surface area (TPSA) is 84.9 Å². The number of ketones is 1. The van der Waals surface area contributed by atoms with E-state index in [9.17, 15) is 14.7 Å². The highest BCUT2D eigenvalue weighted by Gasteiger charge is 2.43. The van der Waals surface area contributed by atoms with Crippen molar-refractivity contribution >= 4 is 11.8 Å². The molecule has 1 aliphatic carbocycles. The number of hydrogen-bond donors (Lipinski definition) is 2. The molecule has 30 heavy (non-hydrogen) atoms. The summed E-state index contributed by atoms with van der Waals surface area (Å²) in [7, 11) is 0. The first-order valence-corrected chi connectivity index (χ1v) is 10.4. The lowest BCUT2D eigenvalue weighted by atomic mass is 9.68. The van der Waals surface area contributed by atoms with Crippen LogP contribution in [0.2, 0.25) is 0 Å². The van der Waals surface area contributed by atoms with Crippen LogP contribution in [0.1, 0.15) is 58.9 Å². The van der Waals surface area contributed by atoms with E-state index in [1.807, 2.05) is 26.8 Å². The lowest BCUT2D eigenvalue weighted by molar-refractivity contribution is -0.141. The number of phenols is 1. The molecule has 0 saturated heterocycles. The molecule has 2 N–H and O–H groups in total. The molecule has 0 bridgehead atoms. The number of hydrogen-bond acceptors (Lipinski definition) is 6. The second-order valence-electron chi connectivity index (χ2n) is 9.08. The molecule has 6 nitrogen and oxygen atoms in total. The van der Waals surface area contributed by atoms with Gasteiger partial charge in [0.15, 0.2) is 5.78 Å². The number of dihydropyridines is 1. The van der Waals surface area contributed by atoms with Crippen LogP contribution >= 0.6 is 0 Å². The van der Waals surface area contributed by atoms with Gasteiger partial charge in [0, 0.05) is 29.3 Å². The molecule has 1 aromatic rings. The van der Waals surface area contributed by atoms with Crippen LogP contribution < -0.4 is 5.32 Å². The molecule has 6 heteroatoms. The third-order valence-corrected chi connectivity index (χ3v) is 5.43. The van der Waals surface area contributed by atoms with Crippen LogP contribution in [0.5, 0.6) is 5.75 Å². The summed E-state index contributed by atoms with van der Waals surface area (Å²) < 4.78 is 10.9. The van der Waals surface area contributed by atoms with Crippen LogP contribution in [0.15, 0.2) is 46.8 Å². The maximum atomic E-state index is 13.2. The monoisotopic (exact) mass is 413 g/mol. The summed E-state index contributed by atoms with van der Waals surface area (Å²) in [5.74, 6) is -0.948. The van der Waals surface area contributed by atoms with Gasteiger partial charge in [0.1, 0.15) is 12.4 Å². The lowest BCUT2D eigenvalue weighted by Gasteiger charge is -2.39. The fraction of sp³-hybridized carbons (Fsp3) is 0.500. The molecule has 0 fully saturated rings. The zero-order valence-corrected chi connectivity index (χ0v) is 18.4. The predicted molar refractivity (Wildman–Crippen MR) is 114 cm³/mol. The Balaban J connectivity index is 1.99. The van der Waals surface area contributed by atoms with Gasteiger partial charge in [0.2, 0.25) is 0 Å². The van der Waals surface area contributed by atoms with Gasteiger partial charge in [-0.25, -0.2) is 4.79 Å². The standard InChI is InChI=1S/C24H31NO5/c1-14(2)29-9-10-30-23(28)20-15(3)25-18-12-24(4,5)13-19(27)22(18)21(20)16-7-6-8-17(26)11-16/h6-8,11,14,21,25-26H,9-10,12-13H2,1-5H3. The third kappa shape index (κ3) is 4.75. The molecular weight excluding hydrogens is 382 g/mol. The van der Waals surface area contributed by atoms with E-state index in [1.165, 1.54) is 0 Å². The summed E-state index contributed by atoms with van der Waals surface area (Å²) in [5.41, 5.74) is 3.05. The number of aromatic hydroxyl groups is 1. The highest BCUT2D eigenvalue weighted by Crippen LogP contribution is 2.47. The first-order chi connectivity index (χ1) is 14.1. The van der Waals surface area contributed by atoms with E-state index in [0.717, 1.165) is 5.70 Å². The van der Waals surface area contributed by atoms with Crippen molar-refractivity contribution in [1.82, 2.24) is 5.32 Å². The van der Waals surface area contributed by atoms with Gasteiger partial charge in [-0.1, -0.05) is 26.0 Å². The van der Waals surface area contributed by atoms with Crippen molar-refractivity contribution in [2.75, 3.05) is 13.2 Å². The minimum atomic E-state index is -0.574. The molecule has 0 spiro atoms. The van der Waals surface area contributed by atoms with Crippen molar-refractivity contribution in [3.05, 3.63) is 52.4 Å². The Bertz CT molecular complexity index is 910. The minimum absolute atomic E-state index is 0.0167. The van der Waals surface area contributed by atoms with Crippen LogP contribution in [0, 0.1) is 5.41 Å². The second kappa shape index (κ2) is 8.64. The number of nitrogens with one attached hydrogen (secondary N) is 1. The Morgan fingerprint density at radius 3 is 2.67 bits per heavy atom. The first-order valence-electron chi connectivity index (χ1n) is 10.4. The van der Waals surface area contributed by atoms with Gasteiger partial charge >= 0.3 is 5.97 Å². The van der Waals surface area contributed by atoms with Crippen LogP contribution in [0.25, 0.3) is 0 Å². The maximum absolute atomic E-state index is 13.2. The van der Waals surface area contributed by atoms with E-state index < -0.39 is 11.9 Å². The van der Waals surface area contributed by atoms with Crippen molar-refractivity contribution < 1.29 is 24.2 Å². The highest BCUT2D eigenvalue weighted by molar-refractivity contribution is 6.04. The Morgan fingerprint density at radius 2 is 2.00 bits per heavy atom. The molecule has 1 heterocycles. The summed E-state index contributed by atoms with van der Waals surface area (Å²) in [6.07, 6.45) is 1.18. The Labute approximate surface area is 178 Å². The lowest BCUT2D eigenvalue weighted by Crippen LogP contribution is -2.38. The van der Waals surface area contributed by atoms with E-state index >= 15 is 0 Å². The van der Waals surface area contributed by atoms with Crippen molar-refractivity contribution in [2.24, 2.45) is 5.41 Å². The number of phenolic OH excluding ortho intramolecular Hbond substituents is 1. The molecule has 3 rings (SSSR count). The molecule has 0 radical (unpaired) electrons. The summed E-state index contributed by atoms with van der Waals surface area (Å²) >= 11 is 0. The number of carbonyl (C=O) groups excluding carboxylic acids is 2. The second-order valence-corrected chi connectivity index (χ2v) is 9.08. The number of rotatable bonds is 6. The van der Waals surface area contributed by atoms with Crippen molar-refractivity contribution in [3.8, 4) is 5.75 Å². The van der Waals surface area contributed by atoms with Gasteiger partial charge < -0.3 is 19.9 Å². The van der Waals surface area contributed by atoms with Gasteiger partial charge in [-0.15, -0.1) is 0 Å². The normalized spacial score (nSPS) is 20.9.